The molecule has 3 unspecified atom stereocenters. The average molecular weight is 458 g/mol. The third-order valence-corrected chi connectivity index (χ3v) is 5.88. The molecule has 2 fully saturated rings. The lowest BCUT2D eigenvalue weighted by molar-refractivity contribution is 0.315. The minimum Gasteiger partial charge on any atom is -0.353 e. The minimum absolute atomic E-state index is 0. The second kappa shape index (κ2) is 8.68. The highest BCUT2D eigenvalue weighted by Gasteiger charge is 2.43. The van der Waals surface area contributed by atoms with E-state index in [4.69, 9.17) is 0 Å². The molecule has 0 aromatic carbocycles. The number of hydrogen-bond donors (Lipinski definition) is 2. The van der Waals surface area contributed by atoms with Crippen LogP contribution in [0.3, 0.4) is 0 Å². The van der Waals surface area contributed by atoms with Gasteiger partial charge in [-0.15, -0.1) is 24.0 Å². The van der Waals surface area contributed by atoms with Crippen LogP contribution in [0, 0.1) is 11.8 Å². The van der Waals surface area contributed by atoms with E-state index in [0.29, 0.717) is 12.1 Å². The van der Waals surface area contributed by atoms with Gasteiger partial charge in [0.25, 0.3) is 0 Å². The van der Waals surface area contributed by atoms with Gasteiger partial charge in [-0.05, 0) is 31.6 Å². The van der Waals surface area contributed by atoms with Gasteiger partial charge in [-0.1, -0.05) is 32.1 Å². The predicted octanol–water partition coefficient (Wildman–Crippen LogP) is 2.73. The fourth-order valence-corrected chi connectivity index (χ4v) is 4.48. The Bertz CT molecular complexity index is 580. The quantitative estimate of drug-likeness (QED) is 0.414. The standard InChI is InChI=1S/C18H30N6.HI/c1-2-19-18(22-14-8-9-17-20-12-21-24(17)11-14)23-16-10-15(16)13-6-4-3-5-7-13;/h12-16H,2-11H2,1H3,(H2,19,22,23);1H. The van der Waals surface area contributed by atoms with E-state index < -0.39 is 0 Å². The second-order valence-electron chi connectivity index (χ2n) is 7.61. The molecule has 1 aromatic heterocycles. The van der Waals surface area contributed by atoms with Gasteiger partial charge < -0.3 is 10.6 Å². The molecule has 0 bridgehead atoms. The first kappa shape index (κ1) is 18.9. The normalized spacial score (nSPS) is 29.5. The van der Waals surface area contributed by atoms with Crippen LogP contribution in [0.5, 0.6) is 0 Å². The molecular formula is C18H31IN6. The van der Waals surface area contributed by atoms with Crippen LogP contribution in [0.15, 0.2) is 11.3 Å². The number of rotatable bonds is 4. The maximum absolute atomic E-state index is 4.67. The van der Waals surface area contributed by atoms with Crippen molar-refractivity contribution in [2.75, 3.05) is 6.54 Å². The Balaban J connectivity index is 0.00000182. The van der Waals surface area contributed by atoms with Crippen molar-refractivity contribution >= 4 is 29.9 Å². The smallest absolute Gasteiger partial charge is 0.191 e. The van der Waals surface area contributed by atoms with E-state index in [-0.39, 0.29) is 24.0 Å². The number of hydrogen-bond acceptors (Lipinski definition) is 3. The molecule has 1 aromatic rings. The first-order valence-corrected chi connectivity index (χ1v) is 9.77. The van der Waals surface area contributed by atoms with E-state index in [1.165, 1.54) is 38.5 Å². The van der Waals surface area contributed by atoms with Gasteiger partial charge in [0.05, 0.1) is 6.54 Å². The van der Waals surface area contributed by atoms with Crippen LogP contribution in [0.25, 0.3) is 0 Å². The van der Waals surface area contributed by atoms with Gasteiger partial charge in [-0.25, -0.2) is 9.67 Å². The number of aryl methyl sites for hydroxylation is 1. The summed E-state index contributed by atoms with van der Waals surface area (Å²) in [7, 11) is 0. The molecule has 4 rings (SSSR count). The number of guanidine groups is 1. The highest BCUT2D eigenvalue weighted by atomic mass is 127. The number of nitrogens with zero attached hydrogens (tertiary/aromatic N) is 4. The Morgan fingerprint density at radius 1 is 1.24 bits per heavy atom. The molecule has 25 heavy (non-hydrogen) atoms. The van der Waals surface area contributed by atoms with Gasteiger partial charge >= 0.3 is 0 Å². The number of fused-ring (bicyclic) bond motifs is 1. The zero-order chi connectivity index (χ0) is 16.4. The van der Waals surface area contributed by atoms with E-state index in [0.717, 1.165) is 49.6 Å². The fraction of sp³-hybridized carbons (Fsp3) is 0.833. The Kier molecular flexibility index (Phi) is 6.57. The summed E-state index contributed by atoms with van der Waals surface area (Å²) in [5.41, 5.74) is 0. The zero-order valence-corrected chi connectivity index (χ0v) is 17.5. The van der Waals surface area contributed by atoms with Crippen molar-refractivity contribution in [2.24, 2.45) is 16.8 Å². The number of halogens is 1. The van der Waals surface area contributed by atoms with Gasteiger partial charge in [0.1, 0.15) is 12.2 Å². The fourth-order valence-electron chi connectivity index (χ4n) is 4.48. The summed E-state index contributed by atoms with van der Waals surface area (Å²) in [6.45, 7) is 3.80. The van der Waals surface area contributed by atoms with E-state index in [9.17, 15) is 0 Å². The zero-order valence-electron chi connectivity index (χ0n) is 15.2. The van der Waals surface area contributed by atoms with Crippen LogP contribution >= 0.6 is 24.0 Å². The molecule has 0 saturated heterocycles. The molecule has 2 aliphatic carbocycles. The number of nitrogens with one attached hydrogen (secondary N) is 2. The third kappa shape index (κ3) is 4.65. The van der Waals surface area contributed by atoms with E-state index in [1.807, 2.05) is 4.68 Å². The van der Waals surface area contributed by atoms with Gasteiger partial charge in [0.15, 0.2) is 5.96 Å². The maximum atomic E-state index is 4.67. The van der Waals surface area contributed by atoms with Crippen molar-refractivity contribution in [3.8, 4) is 0 Å². The largest absolute Gasteiger partial charge is 0.353 e. The molecule has 140 valence electrons. The van der Waals surface area contributed by atoms with Crippen LogP contribution in [-0.2, 0) is 13.0 Å². The molecule has 0 spiro atoms. The molecule has 1 aliphatic heterocycles. The van der Waals surface area contributed by atoms with E-state index in [1.54, 1.807) is 6.33 Å². The summed E-state index contributed by atoms with van der Waals surface area (Å²) in [6, 6.07) is 1.03. The highest BCUT2D eigenvalue weighted by molar-refractivity contribution is 14.0. The predicted molar refractivity (Wildman–Crippen MR) is 110 cm³/mol. The monoisotopic (exact) mass is 458 g/mol. The first-order valence-electron chi connectivity index (χ1n) is 9.77. The number of aromatic nitrogens is 3. The van der Waals surface area contributed by atoms with Crippen LogP contribution in [-0.4, -0.2) is 39.4 Å². The van der Waals surface area contributed by atoms with Crippen LogP contribution in [0.2, 0.25) is 0 Å². The van der Waals surface area contributed by atoms with E-state index >= 15 is 0 Å². The molecule has 3 aliphatic rings. The topological polar surface area (TPSA) is 67.1 Å². The lowest BCUT2D eigenvalue weighted by atomic mass is 9.85. The molecule has 7 heteroatoms. The van der Waals surface area contributed by atoms with Crippen LogP contribution in [0.4, 0.5) is 0 Å². The molecule has 0 amide bonds. The van der Waals surface area contributed by atoms with Crippen molar-refractivity contribution in [1.82, 2.24) is 25.4 Å². The second-order valence-corrected chi connectivity index (χ2v) is 7.61. The molecular weight excluding hydrogens is 427 g/mol. The Labute approximate surface area is 167 Å². The van der Waals surface area contributed by atoms with Gasteiger partial charge in [-0.2, -0.15) is 5.10 Å². The Hall–Kier alpha value is -0.860. The molecule has 2 heterocycles. The van der Waals surface area contributed by atoms with Crippen LogP contribution < -0.4 is 10.6 Å². The lowest BCUT2D eigenvalue weighted by Crippen LogP contribution is -2.48. The first-order chi connectivity index (χ1) is 11.8. The average Bonchev–Trinajstić information content (AvgIpc) is 3.21. The van der Waals surface area contributed by atoms with E-state index in [2.05, 4.69) is 32.6 Å². The summed E-state index contributed by atoms with van der Waals surface area (Å²) >= 11 is 0. The molecule has 2 saturated carbocycles. The number of aliphatic imine (C=N–C) groups is 1. The summed E-state index contributed by atoms with van der Waals surface area (Å²) in [5.74, 6) is 3.93. The van der Waals surface area contributed by atoms with Gasteiger partial charge in [-0.3, -0.25) is 4.99 Å². The molecule has 0 radical (unpaired) electrons. The summed E-state index contributed by atoms with van der Waals surface area (Å²) in [4.78, 5) is 8.98. The van der Waals surface area contributed by atoms with Crippen LogP contribution in [0.1, 0.15) is 57.7 Å². The maximum Gasteiger partial charge on any atom is 0.191 e. The van der Waals surface area contributed by atoms with Crippen molar-refractivity contribution < 1.29 is 0 Å². The highest BCUT2D eigenvalue weighted by Crippen LogP contribution is 2.44. The molecule has 2 N–H and O–H groups in total. The molecule has 3 atom stereocenters. The van der Waals surface area contributed by atoms with Crippen molar-refractivity contribution in [3.05, 3.63) is 12.2 Å². The van der Waals surface area contributed by atoms with Gasteiger partial charge in [0, 0.05) is 25.0 Å². The Morgan fingerprint density at radius 3 is 2.88 bits per heavy atom. The summed E-state index contributed by atoms with van der Waals surface area (Å²) in [6.07, 6.45) is 12.3. The summed E-state index contributed by atoms with van der Waals surface area (Å²) in [5, 5.41) is 11.6. The Morgan fingerprint density at radius 2 is 2.08 bits per heavy atom. The minimum atomic E-state index is 0. The SMILES string of the molecule is CCN=C(NC1CCc2ncnn2C1)NC1CC1C1CCCCC1.I. The summed E-state index contributed by atoms with van der Waals surface area (Å²) < 4.78 is 2.02. The third-order valence-electron chi connectivity index (χ3n) is 5.88. The molecule has 6 nitrogen and oxygen atoms in total. The van der Waals surface area contributed by atoms with Crippen molar-refractivity contribution in [3.63, 3.8) is 0 Å². The van der Waals surface area contributed by atoms with Crippen molar-refractivity contribution in [2.45, 2.75) is 76.9 Å². The van der Waals surface area contributed by atoms with Crippen molar-refractivity contribution in [1.29, 1.82) is 0 Å². The lowest BCUT2D eigenvalue weighted by Gasteiger charge is -2.26. The van der Waals surface area contributed by atoms with Gasteiger partial charge in [0.2, 0.25) is 0 Å².